The molecule has 9 heteroatoms. The number of rotatable bonds is 7. The molecule has 1 aliphatic heterocycles. The average Bonchev–Trinajstić information content (AvgIpc) is 3.00. The third-order valence-electron chi connectivity index (χ3n) is 4.70. The minimum atomic E-state index is -3.55. The lowest BCUT2D eigenvalue weighted by molar-refractivity contribution is -0.121. The number of carbonyl (C=O) groups excluding carboxylic acids is 1. The highest BCUT2D eigenvalue weighted by Gasteiger charge is 2.27. The lowest BCUT2D eigenvalue weighted by atomic mass is 10.3. The first-order valence-corrected chi connectivity index (χ1v) is 10.7. The summed E-state index contributed by atoms with van der Waals surface area (Å²) >= 11 is 0. The number of aromatic nitrogens is 2. The molecule has 27 heavy (non-hydrogen) atoms. The van der Waals surface area contributed by atoms with Crippen molar-refractivity contribution >= 4 is 27.0 Å². The lowest BCUT2D eigenvalue weighted by Crippen LogP contribution is -2.40. The number of aryl methyl sites for hydroxylation is 2. The number of nitrogens with one attached hydrogen (secondary N) is 1. The summed E-state index contributed by atoms with van der Waals surface area (Å²) in [5.41, 5.74) is 1.47. The smallest absolute Gasteiger partial charge is 0.243 e. The Morgan fingerprint density at radius 1 is 1.30 bits per heavy atom. The van der Waals surface area contributed by atoms with Crippen molar-refractivity contribution in [2.75, 3.05) is 32.8 Å². The van der Waals surface area contributed by atoms with Crippen molar-refractivity contribution in [2.24, 2.45) is 7.05 Å². The first-order chi connectivity index (χ1) is 12.9. The Kier molecular flexibility index (Phi) is 6.13. The Morgan fingerprint density at radius 3 is 2.74 bits per heavy atom. The highest BCUT2D eigenvalue weighted by atomic mass is 32.2. The van der Waals surface area contributed by atoms with Gasteiger partial charge in [0.1, 0.15) is 5.82 Å². The highest BCUT2D eigenvalue weighted by Crippen LogP contribution is 2.23. The number of carbonyl (C=O) groups is 1. The van der Waals surface area contributed by atoms with Crippen molar-refractivity contribution in [3.8, 4) is 0 Å². The molecule has 1 aromatic carbocycles. The van der Waals surface area contributed by atoms with E-state index in [4.69, 9.17) is 4.74 Å². The molecular formula is C18H26N4O4S. The second kappa shape index (κ2) is 8.37. The van der Waals surface area contributed by atoms with Crippen LogP contribution in [0.4, 0.5) is 0 Å². The predicted molar refractivity (Wildman–Crippen MR) is 102 cm³/mol. The Bertz CT molecular complexity index is 917. The van der Waals surface area contributed by atoms with E-state index in [9.17, 15) is 13.2 Å². The zero-order valence-electron chi connectivity index (χ0n) is 15.8. The molecule has 1 aliphatic rings. The number of ether oxygens (including phenoxy) is 1. The van der Waals surface area contributed by atoms with Gasteiger partial charge in [0.05, 0.1) is 29.1 Å². The largest absolute Gasteiger partial charge is 0.379 e. The van der Waals surface area contributed by atoms with Gasteiger partial charge in [0.2, 0.25) is 15.9 Å². The molecule has 1 saturated heterocycles. The molecule has 1 amide bonds. The van der Waals surface area contributed by atoms with Crippen LogP contribution in [0.3, 0.4) is 0 Å². The van der Waals surface area contributed by atoms with Gasteiger partial charge in [-0.2, -0.15) is 4.31 Å². The fraction of sp³-hybridized carbons (Fsp3) is 0.556. The molecule has 1 fully saturated rings. The molecule has 0 atom stereocenters. The number of imidazole rings is 1. The molecule has 0 aliphatic carbocycles. The van der Waals surface area contributed by atoms with Gasteiger partial charge in [0, 0.05) is 39.5 Å². The van der Waals surface area contributed by atoms with Crippen LogP contribution in [-0.4, -0.2) is 61.0 Å². The van der Waals surface area contributed by atoms with Crippen LogP contribution in [0.15, 0.2) is 23.1 Å². The number of hydrogen-bond donors (Lipinski definition) is 1. The van der Waals surface area contributed by atoms with Crippen molar-refractivity contribution in [3.05, 3.63) is 24.0 Å². The van der Waals surface area contributed by atoms with Crippen LogP contribution in [0.1, 0.15) is 25.6 Å². The van der Waals surface area contributed by atoms with Crippen LogP contribution in [0.2, 0.25) is 0 Å². The van der Waals surface area contributed by atoms with Crippen LogP contribution in [0, 0.1) is 0 Å². The number of morpholine rings is 1. The van der Waals surface area contributed by atoms with E-state index in [0.717, 1.165) is 17.8 Å². The SMILES string of the molecule is CCCNC(=O)CCc1nc2cc(S(=O)(=O)N3CCOCC3)ccc2n1C. The summed E-state index contributed by atoms with van der Waals surface area (Å²) in [5, 5.41) is 2.85. The van der Waals surface area contributed by atoms with Gasteiger partial charge < -0.3 is 14.6 Å². The summed E-state index contributed by atoms with van der Waals surface area (Å²) in [5.74, 6) is 0.761. The van der Waals surface area contributed by atoms with E-state index < -0.39 is 10.0 Å². The summed E-state index contributed by atoms with van der Waals surface area (Å²) in [4.78, 5) is 16.6. The van der Waals surface area contributed by atoms with Gasteiger partial charge in [-0.05, 0) is 24.6 Å². The zero-order valence-corrected chi connectivity index (χ0v) is 16.6. The molecule has 2 heterocycles. The van der Waals surface area contributed by atoms with Gasteiger partial charge in [-0.3, -0.25) is 4.79 Å². The number of sulfonamides is 1. The Labute approximate surface area is 159 Å². The van der Waals surface area contributed by atoms with Gasteiger partial charge >= 0.3 is 0 Å². The average molecular weight is 394 g/mol. The molecule has 3 rings (SSSR count). The van der Waals surface area contributed by atoms with E-state index in [0.29, 0.717) is 51.2 Å². The molecule has 0 bridgehead atoms. The Morgan fingerprint density at radius 2 is 2.04 bits per heavy atom. The molecule has 0 spiro atoms. The number of nitrogens with zero attached hydrogens (tertiary/aromatic N) is 3. The Balaban J connectivity index is 1.80. The standard InChI is InChI=1S/C18H26N4O4S/c1-3-8-19-18(23)7-6-17-20-15-13-14(4-5-16(15)21(17)2)27(24,25)22-9-11-26-12-10-22/h4-5,13H,3,6-12H2,1-2H3,(H,19,23). The first-order valence-electron chi connectivity index (χ1n) is 9.23. The van der Waals surface area contributed by atoms with Gasteiger partial charge in [-0.25, -0.2) is 13.4 Å². The number of fused-ring (bicyclic) bond motifs is 1. The van der Waals surface area contributed by atoms with E-state index in [2.05, 4.69) is 10.3 Å². The fourth-order valence-corrected chi connectivity index (χ4v) is 4.56. The van der Waals surface area contributed by atoms with Crippen molar-refractivity contribution in [2.45, 2.75) is 31.1 Å². The highest BCUT2D eigenvalue weighted by molar-refractivity contribution is 7.89. The third kappa shape index (κ3) is 4.31. The maximum Gasteiger partial charge on any atom is 0.243 e. The van der Waals surface area contributed by atoms with Gasteiger partial charge in [-0.15, -0.1) is 0 Å². The summed E-state index contributed by atoms with van der Waals surface area (Å²) < 4.78 is 34.2. The summed E-state index contributed by atoms with van der Waals surface area (Å²) in [6.45, 7) is 4.23. The van der Waals surface area contributed by atoms with E-state index in [-0.39, 0.29) is 10.8 Å². The Hall–Kier alpha value is -1.97. The van der Waals surface area contributed by atoms with Crippen LogP contribution in [-0.2, 0) is 33.0 Å². The quantitative estimate of drug-likeness (QED) is 0.758. The minimum Gasteiger partial charge on any atom is -0.379 e. The summed E-state index contributed by atoms with van der Waals surface area (Å²) in [6.07, 6.45) is 1.76. The lowest BCUT2D eigenvalue weighted by Gasteiger charge is -2.26. The molecule has 8 nitrogen and oxygen atoms in total. The van der Waals surface area contributed by atoms with Crippen molar-refractivity contribution in [1.29, 1.82) is 0 Å². The van der Waals surface area contributed by atoms with Crippen LogP contribution in [0.5, 0.6) is 0 Å². The predicted octanol–water partition coefficient (Wildman–Crippen LogP) is 1.05. The van der Waals surface area contributed by atoms with Crippen LogP contribution < -0.4 is 5.32 Å². The van der Waals surface area contributed by atoms with E-state index in [1.165, 1.54) is 4.31 Å². The van der Waals surface area contributed by atoms with E-state index >= 15 is 0 Å². The second-order valence-electron chi connectivity index (χ2n) is 6.60. The van der Waals surface area contributed by atoms with Crippen molar-refractivity contribution in [3.63, 3.8) is 0 Å². The summed E-state index contributed by atoms with van der Waals surface area (Å²) in [7, 11) is -1.67. The monoisotopic (exact) mass is 394 g/mol. The number of benzene rings is 1. The third-order valence-corrected chi connectivity index (χ3v) is 6.60. The van der Waals surface area contributed by atoms with Crippen molar-refractivity contribution < 1.29 is 17.9 Å². The molecule has 1 N–H and O–H groups in total. The molecule has 0 radical (unpaired) electrons. The second-order valence-corrected chi connectivity index (χ2v) is 8.54. The topological polar surface area (TPSA) is 93.5 Å². The van der Waals surface area contributed by atoms with Crippen LogP contribution in [0.25, 0.3) is 11.0 Å². The summed E-state index contributed by atoms with van der Waals surface area (Å²) in [6, 6.07) is 5.00. The molecule has 0 unspecified atom stereocenters. The molecule has 0 saturated carbocycles. The molecule has 2 aromatic rings. The first kappa shape index (κ1) is 19.8. The van der Waals surface area contributed by atoms with Crippen molar-refractivity contribution in [1.82, 2.24) is 19.2 Å². The molecule has 1 aromatic heterocycles. The maximum atomic E-state index is 12.8. The van der Waals surface area contributed by atoms with Gasteiger partial charge in [0.15, 0.2) is 0 Å². The van der Waals surface area contributed by atoms with E-state index in [1.807, 2.05) is 18.5 Å². The van der Waals surface area contributed by atoms with E-state index in [1.54, 1.807) is 18.2 Å². The molecular weight excluding hydrogens is 368 g/mol. The van der Waals surface area contributed by atoms with Gasteiger partial charge in [-0.1, -0.05) is 6.92 Å². The fourth-order valence-electron chi connectivity index (χ4n) is 3.13. The van der Waals surface area contributed by atoms with Crippen LogP contribution >= 0.6 is 0 Å². The minimum absolute atomic E-state index is 0.000472. The normalized spacial score (nSPS) is 15.9. The molecule has 148 valence electrons. The number of amides is 1. The zero-order chi connectivity index (χ0) is 19.4. The maximum absolute atomic E-state index is 12.8. The van der Waals surface area contributed by atoms with Gasteiger partial charge in [0.25, 0.3) is 0 Å². The number of hydrogen-bond acceptors (Lipinski definition) is 5.